The van der Waals surface area contributed by atoms with Gasteiger partial charge in [-0.15, -0.1) is 0 Å². The molecule has 1 heterocycles. The van der Waals surface area contributed by atoms with Crippen LogP contribution in [0.1, 0.15) is 59.8 Å². The Balaban J connectivity index is 2.90. The molecule has 0 bridgehead atoms. The fourth-order valence-electron chi connectivity index (χ4n) is 2.06. The van der Waals surface area contributed by atoms with Crippen LogP contribution < -0.4 is 5.32 Å². The number of amides is 1. The molecule has 0 aliphatic rings. The third kappa shape index (κ3) is 3.28. The zero-order valence-corrected chi connectivity index (χ0v) is 13.0. The maximum atomic E-state index is 12.2. The van der Waals surface area contributed by atoms with Gasteiger partial charge in [0.05, 0.1) is 5.60 Å². The molecule has 1 rings (SSSR count). The quantitative estimate of drug-likeness (QED) is 0.721. The molecule has 1 unspecified atom stereocenters. The van der Waals surface area contributed by atoms with Gasteiger partial charge in [0.1, 0.15) is 5.69 Å². The van der Waals surface area contributed by atoms with Crippen molar-refractivity contribution < 1.29 is 14.7 Å². The van der Waals surface area contributed by atoms with Crippen molar-refractivity contribution in [3.8, 4) is 0 Å². The van der Waals surface area contributed by atoms with E-state index < -0.39 is 5.60 Å². The molecule has 0 radical (unpaired) electrons. The van der Waals surface area contributed by atoms with E-state index in [1.807, 2.05) is 13.8 Å². The Morgan fingerprint density at radius 1 is 1.35 bits per heavy atom. The highest BCUT2D eigenvalue weighted by atomic mass is 16.3. The molecule has 0 spiro atoms. The molecule has 20 heavy (non-hydrogen) atoms. The molecular formula is C15H24N2O3. The zero-order valence-electron chi connectivity index (χ0n) is 13.0. The maximum absolute atomic E-state index is 12.2. The molecule has 0 saturated carbocycles. The molecule has 1 aromatic heterocycles. The third-order valence-corrected chi connectivity index (χ3v) is 3.87. The first-order chi connectivity index (χ1) is 9.08. The number of aromatic nitrogens is 1. The van der Waals surface area contributed by atoms with Gasteiger partial charge >= 0.3 is 0 Å². The summed E-state index contributed by atoms with van der Waals surface area (Å²) in [5.74, 6) is -0.342. The summed E-state index contributed by atoms with van der Waals surface area (Å²) in [6.45, 7) is 10.6. The minimum Gasteiger partial charge on any atom is -0.388 e. The normalized spacial score (nSPS) is 14.2. The van der Waals surface area contributed by atoms with Crippen molar-refractivity contribution in [2.75, 3.05) is 6.54 Å². The Bertz CT molecular complexity index is 527. The van der Waals surface area contributed by atoms with Crippen molar-refractivity contribution >= 4 is 11.7 Å². The summed E-state index contributed by atoms with van der Waals surface area (Å²) >= 11 is 0. The van der Waals surface area contributed by atoms with E-state index in [1.54, 1.807) is 20.8 Å². The number of nitrogens with one attached hydrogen (secondary N) is 2. The Morgan fingerprint density at radius 2 is 1.90 bits per heavy atom. The molecule has 1 atom stereocenters. The van der Waals surface area contributed by atoms with Crippen LogP contribution in [0.3, 0.4) is 0 Å². The van der Waals surface area contributed by atoms with Crippen LogP contribution in [-0.4, -0.2) is 33.9 Å². The van der Waals surface area contributed by atoms with Crippen molar-refractivity contribution in [3.63, 3.8) is 0 Å². The maximum Gasteiger partial charge on any atom is 0.268 e. The summed E-state index contributed by atoms with van der Waals surface area (Å²) in [6.07, 6.45) is 0. The predicted molar refractivity (Wildman–Crippen MR) is 78.1 cm³/mol. The van der Waals surface area contributed by atoms with Gasteiger partial charge in [0, 0.05) is 17.8 Å². The van der Waals surface area contributed by atoms with Gasteiger partial charge < -0.3 is 15.4 Å². The lowest BCUT2D eigenvalue weighted by molar-refractivity contribution is 0.0142. The molecular weight excluding hydrogens is 256 g/mol. The van der Waals surface area contributed by atoms with Crippen LogP contribution in [0.25, 0.3) is 0 Å². The van der Waals surface area contributed by atoms with Crippen molar-refractivity contribution in [2.45, 2.75) is 47.1 Å². The van der Waals surface area contributed by atoms with Crippen molar-refractivity contribution in [1.82, 2.24) is 10.3 Å². The smallest absolute Gasteiger partial charge is 0.268 e. The molecule has 112 valence electrons. The molecule has 1 aromatic rings. The van der Waals surface area contributed by atoms with Crippen molar-refractivity contribution in [1.29, 1.82) is 0 Å². The van der Waals surface area contributed by atoms with Crippen LogP contribution in [0, 0.1) is 19.8 Å². The second kappa shape index (κ2) is 5.79. The van der Waals surface area contributed by atoms with E-state index in [0.29, 0.717) is 22.5 Å². The number of Topliss-reactive ketones (excluding diaryl/α,β-unsaturated/α-hetero) is 1. The Morgan fingerprint density at radius 3 is 2.30 bits per heavy atom. The largest absolute Gasteiger partial charge is 0.388 e. The number of aliphatic hydroxyl groups is 1. The molecule has 0 aromatic carbocycles. The first-order valence-corrected chi connectivity index (χ1v) is 6.78. The van der Waals surface area contributed by atoms with E-state index in [9.17, 15) is 14.7 Å². The fraction of sp³-hybridized carbons (Fsp3) is 0.600. The molecule has 3 N–H and O–H groups in total. The SMILES string of the molecule is CC(=O)c1c(C)[nH]c(C(=O)NCC(C)(O)C(C)C)c1C. The number of hydrogen-bond donors (Lipinski definition) is 3. The van der Waals surface area contributed by atoms with Gasteiger partial charge in [-0.3, -0.25) is 9.59 Å². The number of hydrogen-bond acceptors (Lipinski definition) is 3. The highest BCUT2D eigenvalue weighted by Gasteiger charge is 2.27. The van der Waals surface area contributed by atoms with E-state index in [-0.39, 0.29) is 24.2 Å². The number of rotatable bonds is 5. The molecule has 0 aliphatic heterocycles. The summed E-state index contributed by atoms with van der Waals surface area (Å²) < 4.78 is 0. The van der Waals surface area contributed by atoms with Crippen LogP contribution in [0.2, 0.25) is 0 Å². The monoisotopic (exact) mass is 280 g/mol. The highest BCUT2D eigenvalue weighted by molar-refractivity contribution is 6.02. The van der Waals surface area contributed by atoms with Crippen LogP contribution in [0.15, 0.2) is 0 Å². The van der Waals surface area contributed by atoms with Crippen LogP contribution in [0.5, 0.6) is 0 Å². The average molecular weight is 280 g/mol. The van der Waals surface area contributed by atoms with Crippen molar-refractivity contribution in [3.05, 3.63) is 22.5 Å². The molecule has 0 fully saturated rings. The lowest BCUT2D eigenvalue weighted by Crippen LogP contribution is -2.44. The first-order valence-electron chi connectivity index (χ1n) is 6.78. The lowest BCUT2D eigenvalue weighted by atomic mass is 9.92. The van der Waals surface area contributed by atoms with Crippen LogP contribution >= 0.6 is 0 Å². The van der Waals surface area contributed by atoms with E-state index >= 15 is 0 Å². The van der Waals surface area contributed by atoms with Crippen LogP contribution in [0.4, 0.5) is 0 Å². The topological polar surface area (TPSA) is 82.2 Å². The predicted octanol–water partition coefficient (Wildman–Crippen LogP) is 1.97. The van der Waals surface area contributed by atoms with Gasteiger partial charge in [0.15, 0.2) is 5.78 Å². The van der Waals surface area contributed by atoms with Gasteiger partial charge in [-0.05, 0) is 39.2 Å². The number of aryl methyl sites for hydroxylation is 1. The van der Waals surface area contributed by atoms with Crippen molar-refractivity contribution in [2.24, 2.45) is 5.92 Å². The number of carbonyl (C=O) groups is 2. The minimum absolute atomic E-state index is 0.0297. The number of ketones is 1. The van der Waals surface area contributed by atoms with E-state index in [0.717, 1.165) is 0 Å². The highest BCUT2D eigenvalue weighted by Crippen LogP contribution is 2.19. The Kier molecular flexibility index (Phi) is 4.76. The number of carbonyl (C=O) groups excluding carboxylic acids is 2. The average Bonchev–Trinajstić information content (AvgIpc) is 2.61. The second-order valence-corrected chi connectivity index (χ2v) is 5.88. The lowest BCUT2D eigenvalue weighted by Gasteiger charge is -2.27. The molecule has 0 saturated heterocycles. The standard InChI is InChI=1S/C15H24N2O3/c1-8(2)15(6,20)7-16-14(19)13-9(3)12(11(5)18)10(4)17-13/h8,17,20H,7H2,1-6H3,(H,16,19). The van der Waals surface area contributed by atoms with Gasteiger partial charge in [-0.1, -0.05) is 13.8 Å². The number of H-pyrrole nitrogens is 1. The Hall–Kier alpha value is -1.62. The number of aromatic amines is 1. The molecule has 0 aliphatic carbocycles. The minimum atomic E-state index is -0.964. The summed E-state index contributed by atoms with van der Waals surface area (Å²) in [4.78, 5) is 26.6. The third-order valence-electron chi connectivity index (χ3n) is 3.87. The van der Waals surface area contributed by atoms with Crippen LogP contribution in [-0.2, 0) is 0 Å². The summed E-state index contributed by atoms with van der Waals surface area (Å²) in [7, 11) is 0. The van der Waals surface area contributed by atoms with Gasteiger partial charge in [-0.25, -0.2) is 0 Å². The van der Waals surface area contributed by atoms with E-state index in [2.05, 4.69) is 10.3 Å². The molecule has 5 nitrogen and oxygen atoms in total. The molecule has 5 heteroatoms. The van der Waals surface area contributed by atoms with E-state index in [4.69, 9.17) is 0 Å². The summed E-state index contributed by atoms with van der Waals surface area (Å²) in [5.41, 5.74) is 1.32. The zero-order chi connectivity index (χ0) is 15.7. The summed E-state index contributed by atoms with van der Waals surface area (Å²) in [5, 5.41) is 12.8. The van der Waals surface area contributed by atoms with Gasteiger partial charge in [0.2, 0.25) is 0 Å². The second-order valence-electron chi connectivity index (χ2n) is 5.88. The fourth-order valence-corrected chi connectivity index (χ4v) is 2.06. The van der Waals surface area contributed by atoms with Gasteiger partial charge in [0.25, 0.3) is 5.91 Å². The first kappa shape index (κ1) is 16.4. The van der Waals surface area contributed by atoms with Gasteiger partial charge in [-0.2, -0.15) is 0 Å². The molecule has 1 amide bonds. The summed E-state index contributed by atoms with van der Waals surface area (Å²) in [6, 6.07) is 0. The Labute approximate surface area is 119 Å². The van der Waals surface area contributed by atoms with E-state index in [1.165, 1.54) is 6.92 Å².